The van der Waals surface area contributed by atoms with E-state index in [1.54, 1.807) is 25.7 Å². The second-order valence-corrected chi connectivity index (χ2v) is 3.81. The minimum absolute atomic E-state index is 0.353. The van der Waals surface area contributed by atoms with E-state index >= 15 is 0 Å². The molecule has 2 rings (SSSR count). The van der Waals surface area contributed by atoms with Crippen LogP contribution in [0, 0.1) is 6.92 Å². The average molecular weight is 245 g/mol. The standard InChI is InChI=1S/C12H15N5O/c1-8-3-4-14-9(7-8)10(17-13)11-12(18-2)16-6-5-15-11/h3-7,10,17H,13H2,1-2H3. The lowest BCUT2D eigenvalue weighted by atomic mass is 10.1. The fraction of sp³-hybridized carbons (Fsp3) is 0.250. The van der Waals surface area contributed by atoms with Crippen molar-refractivity contribution in [2.24, 2.45) is 5.84 Å². The van der Waals surface area contributed by atoms with E-state index in [9.17, 15) is 0 Å². The third-order valence-electron chi connectivity index (χ3n) is 2.56. The number of ether oxygens (including phenoxy) is 1. The van der Waals surface area contributed by atoms with Gasteiger partial charge in [0.15, 0.2) is 0 Å². The summed E-state index contributed by atoms with van der Waals surface area (Å²) >= 11 is 0. The molecule has 2 aromatic rings. The highest BCUT2D eigenvalue weighted by Crippen LogP contribution is 2.24. The highest BCUT2D eigenvalue weighted by atomic mass is 16.5. The summed E-state index contributed by atoms with van der Waals surface area (Å²) < 4.78 is 5.18. The first-order valence-electron chi connectivity index (χ1n) is 5.50. The third-order valence-corrected chi connectivity index (χ3v) is 2.56. The normalized spacial score (nSPS) is 12.2. The van der Waals surface area contributed by atoms with Gasteiger partial charge in [-0.2, -0.15) is 0 Å². The predicted octanol–water partition coefficient (Wildman–Crippen LogP) is 0.741. The maximum absolute atomic E-state index is 5.60. The maximum atomic E-state index is 5.60. The van der Waals surface area contributed by atoms with Crippen molar-refractivity contribution in [2.45, 2.75) is 13.0 Å². The summed E-state index contributed by atoms with van der Waals surface area (Å²) in [6.45, 7) is 1.99. The zero-order chi connectivity index (χ0) is 13.0. The molecule has 6 nitrogen and oxygen atoms in total. The van der Waals surface area contributed by atoms with Gasteiger partial charge in [-0.1, -0.05) is 0 Å². The number of methoxy groups -OCH3 is 1. The third kappa shape index (κ3) is 2.44. The first-order chi connectivity index (χ1) is 8.76. The summed E-state index contributed by atoms with van der Waals surface area (Å²) in [5, 5.41) is 0. The van der Waals surface area contributed by atoms with E-state index in [1.807, 2.05) is 19.1 Å². The molecule has 2 aromatic heterocycles. The number of aromatic nitrogens is 3. The molecular weight excluding hydrogens is 230 g/mol. The number of hydrogen-bond acceptors (Lipinski definition) is 6. The van der Waals surface area contributed by atoms with E-state index in [2.05, 4.69) is 20.4 Å². The summed E-state index contributed by atoms with van der Waals surface area (Å²) in [5.74, 6) is 6.03. The van der Waals surface area contributed by atoms with Gasteiger partial charge in [-0.25, -0.2) is 10.4 Å². The van der Waals surface area contributed by atoms with Gasteiger partial charge in [0.2, 0.25) is 5.88 Å². The van der Waals surface area contributed by atoms with Crippen LogP contribution in [0.4, 0.5) is 0 Å². The Morgan fingerprint density at radius 2 is 2.00 bits per heavy atom. The smallest absolute Gasteiger partial charge is 0.237 e. The van der Waals surface area contributed by atoms with Crippen LogP contribution < -0.4 is 16.0 Å². The molecule has 0 bridgehead atoms. The lowest BCUT2D eigenvalue weighted by molar-refractivity contribution is 0.382. The van der Waals surface area contributed by atoms with Gasteiger partial charge in [-0.15, -0.1) is 0 Å². The Morgan fingerprint density at radius 1 is 1.22 bits per heavy atom. The molecule has 6 heteroatoms. The number of nitrogens with one attached hydrogen (secondary N) is 1. The van der Waals surface area contributed by atoms with Gasteiger partial charge in [-0.3, -0.25) is 15.8 Å². The van der Waals surface area contributed by atoms with E-state index in [0.717, 1.165) is 11.3 Å². The summed E-state index contributed by atoms with van der Waals surface area (Å²) in [6, 6.07) is 3.51. The van der Waals surface area contributed by atoms with Crippen LogP contribution in [-0.4, -0.2) is 22.1 Å². The minimum Gasteiger partial charge on any atom is -0.480 e. The molecule has 0 radical (unpaired) electrons. The fourth-order valence-electron chi connectivity index (χ4n) is 1.71. The molecule has 0 aliphatic heterocycles. The van der Waals surface area contributed by atoms with Gasteiger partial charge in [0.1, 0.15) is 11.7 Å². The number of pyridine rings is 1. The number of nitrogens with two attached hydrogens (primary N) is 1. The number of rotatable bonds is 4. The highest BCUT2D eigenvalue weighted by Gasteiger charge is 2.20. The number of hydrogen-bond donors (Lipinski definition) is 2. The van der Waals surface area contributed by atoms with Gasteiger partial charge in [0, 0.05) is 18.6 Å². The molecule has 1 atom stereocenters. The SMILES string of the molecule is COc1nccnc1C(NN)c1cc(C)ccn1. The van der Waals surface area contributed by atoms with E-state index in [1.165, 1.54) is 0 Å². The molecular formula is C12H15N5O. The molecule has 0 aliphatic carbocycles. The van der Waals surface area contributed by atoms with Crippen LogP contribution >= 0.6 is 0 Å². The Kier molecular flexibility index (Phi) is 3.81. The van der Waals surface area contributed by atoms with Crippen LogP contribution in [0.2, 0.25) is 0 Å². The van der Waals surface area contributed by atoms with Crippen molar-refractivity contribution in [1.82, 2.24) is 20.4 Å². The molecule has 1 unspecified atom stereocenters. The topological polar surface area (TPSA) is 86.0 Å². The molecule has 0 fully saturated rings. The van der Waals surface area contributed by atoms with Gasteiger partial charge < -0.3 is 4.74 Å². The van der Waals surface area contributed by atoms with E-state index in [0.29, 0.717) is 11.6 Å². The van der Waals surface area contributed by atoms with Crippen LogP contribution in [-0.2, 0) is 0 Å². The molecule has 0 saturated carbocycles. The van der Waals surface area contributed by atoms with Gasteiger partial charge in [0.25, 0.3) is 0 Å². The summed E-state index contributed by atoms with van der Waals surface area (Å²) in [4.78, 5) is 12.7. The van der Waals surface area contributed by atoms with Crippen molar-refractivity contribution in [1.29, 1.82) is 0 Å². The lowest BCUT2D eigenvalue weighted by Gasteiger charge is -2.16. The summed E-state index contributed by atoms with van der Waals surface area (Å²) in [5.41, 5.74) is 5.18. The monoisotopic (exact) mass is 245 g/mol. The largest absolute Gasteiger partial charge is 0.480 e. The number of nitrogens with zero attached hydrogens (tertiary/aromatic N) is 3. The van der Waals surface area contributed by atoms with Crippen molar-refractivity contribution in [3.8, 4) is 5.88 Å². The van der Waals surface area contributed by atoms with Crippen molar-refractivity contribution < 1.29 is 4.74 Å². The lowest BCUT2D eigenvalue weighted by Crippen LogP contribution is -2.30. The van der Waals surface area contributed by atoms with Crippen molar-refractivity contribution >= 4 is 0 Å². The van der Waals surface area contributed by atoms with Crippen LogP contribution in [0.15, 0.2) is 30.7 Å². The Morgan fingerprint density at radius 3 is 2.67 bits per heavy atom. The Bertz CT molecular complexity index is 531. The molecule has 0 aliphatic rings. The second-order valence-electron chi connectivity index (χ2n) is 3.81. The number of aryl methyl sites for hydroxylation is 1. The first-order valence-corrected chi connectivity index (χ1v) is 5.50. The quantitative estimate of drug-likeness (QED) is 0.610. The fourth-order valence-corrected chi connectivity index (χ4v) is 1.71. The van der Waals surface area contributed by atoms with Crippen molar-refractivity contribution in [3.63, 3.8) is 0 Å². The number of hydrazine groups is 1. The zero-order valence-electron chi connectivity index (χ0n) is 10.3. The van der Waals surface area contributed by atoms with Crippen molar-refractivity contribution in [2.75, 3.05) is 7.11 Å². The van der Waals surface area contributed by atoms with Gasteiger partial charge >= 0.3 is 0 Å². The second kappa shape index (κ2) is 5.52. The Hall–Kier alpha value is -2.05. The molecule has 3 N–H and O–H groups in total. The van der Waals surface area contributed by atoms with E-state index < -0.39 is 0 Å². The minimum atomic E-state index is -0.353. The molecule has 18 heavy (non-hydrogen) atoms. The Balaban J connectivity index is 2.45. The first kappa shape index (κ1) is 12.4. The maximum Gasteiger partial charge on any atom is 0.237 e. The van der Waals surface area contributed by atoms with E-state index in [-0.39, 0.29) is 6.04 Å². The Labute approximate surface area is 105 Å². The molecule has 2 heterocycles. The molecule has 0 amide bonds. The summed E-state index contributed by atoms with van der Waals surface area (Å²) in [7, 11) is 1.55. The molecule has 94 valence electrons. The molecule has 0 saturated heterocycles. The average Bonchev–Trinajstić information content (AvgIpc) is 2.40. The van der Waals surface area contributed by atoms with Crippen LogP contribution in [0.1, 0.15) is 23.0 Å². The van der Waals surface area contributed by atoms with Crippen molar-refractivity contribution in [3.05, 3.63) is 47.7 Å². The van der Waals surface area contributed by atoms with Crippen LogP contribution in [0.5, 0.6) is 5.88 Å². The van der Waals surface area contributed by atoms with E-state index in [4.69, 9.17) is 10.6 Å². The van der Waals surface area contributed by atoms with Crippen LogP contribution in [0.3, 0.4) is 0 Å². The summed E-state index contributed by atoms with van der Waals surface area (Å²) in [6.07, 6.45) is 4.90. The van der Waals surface area contributed by atoms with Crippen LogP contribution in [0.25, 0.3) is 0 Å². The van der Waals surface area contributed by atoms with Gasteiger partial charge in [-0.05, 0) is 24.6 Å². The highest BCUT2D eigenvalue weighted by molar-refractivity contribution is 5.30. The molecule has 0 spiro atoms. The zero-order valence-corrected chi connectivity index (χ0v) is 10.3. The molecule has 0 aromatic carbocycles. The predicted molar refractivity (Wildman–Crippen MR) is 66.7 cm³/mol. The van der Waals surface area contributed by atoms with Gasteiger partial charge in [0.05, 0.1) is 12.8 Å².